The molecule has 20 heavy (non-hydrogen) atoms. The van der Waals surface area contributed by atoms with Crippen molar-refractivity contribution in [3.8, 4) is 11.8 Å². The number of rotatable bonds is 2. The van der Waals surface area contributed by atoms with Crippen LogP contribution >= 0.6 is 0 Å². The van der Waals surface area contributed by atoms with Crippen molar-refractivity contribution in [2.45, 2.75) is 19.5 Å². The third-order valence-electron chi connectivity index (χ3n) is 3.83. The van der Waals surface area contributed by atoms with Crippen molar-refractivity contribution in [2.75, 3.05) is 33.2 Å². The predicted octanol–water partition coefficient (Wildman–Crippen LogP) is 1.27. The van der Waals surface area contributed by atoms with Gasteiger partial charge in [0.25, 0.3) is 0 Å². The number of nitrogens with zero attached hydrogens (tertiary/aromatic N) is 2. The molecule has 1 fully saturated rings. The molecule has 0 aromatic heterocycles. The third-order valence-corrected chi connectivity index (χ3v) is 3.83. The first kappa shape index (κ1) is 15.0. The van der Waals surface area contributed by atoms with Crippen LogP contribution in [-0.4, -0.2) is 49.1 Å². The summed E-state index contributed by atoms with van der Waals surface area (Å²) < 4.78 is 13.3. The zero-order valence-corrected chi connectivity index (χ0v) is 12.2. The van der Waals surface area contributed by atoms with Crippen LogP contribution < -0.4 is 5.73 Å². The Morgan fingerprint density at radius 1 is 1.40 bits per heavy atom. The Morgan fingerprint density at radius 2 is 2.20 bits per heavy atom. The molecule has 1 atom stereocenters. The van der Waals surface area contributed by atoms with E-state index >= 15 is 0 Å². The van der Waals surface area contributed by atoms with Gasteiger partial charge in [-0.3, -0.25) is 4.90 Å². The minimum atomic E-state index is -0.248. The van der Waals surface area contributed by atoms with Gasteiger partial charge >= 0.3 is 0 Å². The summed E-state index contributed by atoms with van der Waals surface area (Å²) in [5, 5.41) is 0. The maximum atomic E-state index is 13.3. The lowest BCUT2D eigenvalue weighted by atomic mass is 10.1. The van der Waals surface area contributed by atoms with Gasteiger partial charge in [0.15, 0.2) is 0 Å². The van der Waals surface area contributed by atoms with Crippen LogP contribution in [0.3, 0.4) is 0 Å². The van der Waals surface area contributed by atoms with Gasteiger partial charge in [-0.2, -0.15) is 0 Å². The quantitative estimate of drug-likeness (QED) is 0.825. The molecule has 0 bridgehead atoms. The summed E-state index contributed by atoms with van der Waals surface area (Å²) >= 11 is 0. The summed E-state index contributed by atoms with van der Waals surface area (Å²) in [6, 6.07) is 5.38. The van der Waals surface area contributed by atoms with Crippen LogP contribution in [0.15, 0.2) is 18.2 Å². The van der Waals surface area contributed by atoms with Gasteiger partial charge in [-0.1, -0.05) is 17.9 Å². The summed E-state index contributed by atoms with van der Waals surface area (Å²) in [5.74, 6) is 5.53. The van der Waals surface area contributed by atoms with E-state index in [1.54, 1.807) is 0 Å². The first-order valence-corrected chi connectivity index (χ1v) is 7.00. The van der Waals surface area contributed by atoms with Crippen LogP contribution in [-0.2, 0) is 6.54 Å². The Balaban J connectivity index is 2.12. The average Bonchev–Trinajstić information content (AvgIpc) is 2.43. The Kier molecular flexibility index (Phi) is 5.13. The minimum Gasteiger partial charge on any atom is -0.320 e. The number of halogens is 1. The van der Waals surface area contributed by atoms with Crippen molar-refractivity contribution in [3.63, 3.8) is 0 Å². The lowest BCUT2D eigenvalue weighted by Gasteiger charge is -2.37. The molecule has 1 aliphatic heterocycles. The topological polar surface area (TPSA) is 32.5 Å². The molecule has 1 aromatic carbocycles. The summed E-state index contributed by atoms with van der Waals surface area (Å²) in [7, 11) is 2.15. The van der Waals surface area contributed by atoms with Crippen LogP contribution in [0, 0.1) is 17.7 Å². The van der Waals surface area contributed by atoms with Gasteiger partial charge in [-0.15, -0.1) is 0 Å². The normalized spacial score (nSPS) is 20.5. The molecule has 1 heterocycles. The number of piperazine rings is 1. The standard InChI is InChI=1S/C16H22FN3/c1-13-11-20(9-8-19(13)2)12-15-5-6-16(17)10-14(15)4-3-7-18/h5-6,10,13H,7-9,11-12,18H2,1-2H3. The molecule has 0 spiro atoms. The molecule has 3 nitrogen and oxygen atoms in total. The van der Waals surface area contributed by atoms with Crippen molar-refractivity contribution < 1.29 is 4.39 Å². The van der Waals surface area contributed by atoms with E-state index < -0.39 is 0 Å². The highest BCUT2D eigenvalue weighted by molar-refractivity contribution is 5.42. The third kappa shape index (κ3) is 3.80. The van der Waals surface area contributed by atoms with Crippen molar-refractivity contribution >= 4 is 0 Å². The van der Waals surface area contributed by atoms with E-state index in [2.05, 4.69) is 35.6 Å². The van der Waals surface area contributed by atoms with Gasteiger partial charge in [0, 0.05) is 37.8 Å². The molecular weight excluding hydrogens is 253 g/mol. The largest absolute Gasteiger partial charge is 0.320 e. The van der Waals surface area contributed by atoms with Gasteiger partial charge in [-0.05, 0) is 31.7 Å². The Bertz CT molecular complexity index is 518. The summed E-state index contributed by atoms with van der Waals surface area (Å²) in [6.07, 6.45) is 0. The first-order valence-electron chi connectivity index (χ1n) is 7.00. The molecule has 0 radical (unpaired) electrons. The van der Waals surface area contributed by atoms with E-state index in [0.29, 0.717) is 12.6 Å². The molecule has 0 aliphatic carbocycles. The summed E-state index contributed by atoms with van der Waals surface area (Å²) in [5.41, 5.74) is 7.22. The van der Waals surface area contributed by atoms with Gasteiger partial charge in [0.1, 0.15) is 5.82 Å². The average molecular weight is 275 g/mol. The van der Waals surface area contributed by atoms with Crippen LogP contribution in [0.1, 0.15) is 18.1 Å². The predicted molar refractivity (Wildman–Crippen MR) is 79.7 cm³/mol. The highest BCUT2D eigenvalue weighted by atomic mass is 19.1. The van der Waals surface area contributed by atoms with Crippen LogP contribution in [0.2, 0.25) is 0 Å². The summed E-state index contributed by atoms with van der Waals surface area (Å²) in [6.45, 7) is 6.45. The SMILES string of the molecule is CC1CN(Cc2ccc(F)cc2C#CCN)CCN1C. The van der Waals surface area contributed by atoms with Crippen molar-refractivity contribution in [2.24, 2.45) is 5.73 Å². The first-order chi connectivity index (χ1) is 9.60. The molecule has 1 aromatic rings. The second kappa shape index (κ2) is 6.85. The van der Waals surface area contributed by atoms with Gasteiger partial charge in [0.05, 0.1) is 6.54 Å². The van der Waals surface area contributed by atoms with E-state index in [4.69, 9.17) is 5.73 Å². The Labute approximate surface area is 120 Å². The minimum absolute atomic E-state index is 0.248. The molecule has 0 amide bonds. The number of benzene rings is 1. The smallest absolute Gasteiger partial charge is 0.124 e. The molecule has 4 heteroatoms. The van der Waals surface area contributed by atoms with Gasteiger partial charge in [0.2, 0.25) is 0 Å². The summed E-state index contributed by atoms with van der Waals surface area (Å²) in [4.78, 5) is 4.75. The van der Waals surface area contributed by atoms with Crippen molar-refractivity contribution in [1.29, 1.82) is 0 Å². The fraction of sp³-hybridized carbons (Fsp3) is 0.500. The molecule has 2 N–H and O–H groups in total. The van der Waals surface area contributed by atoms with E-state index in [-0.39, 0.29) is 5.82 Å². The second-order valence-corrected chi connectivity index (χ2v) is 5.37. The van der Waals surface area contributed by atoms with Crippen molar-refractivity contribution in [3.05, 3.63) is 35.1 Å². The number of hydrogen-bond donors (Lipinski definition) is 1. The molecule has 0 saturated carbocycles. The Morgan fingerprint density at radius 3 is 2.90 bits per heavy atom. The Hall–Kier alpha value is -1.41. The van der Waals surface area contributed by atoms with E-state index in [9.17, 15) is 4.39 Å². The molecule has 1 aliphatic rings. The maximum absolute atomic E-state index is 13.3. The lowest BCUT2D eigenvalue weighted by molar-refractivity contribution is 0.0999. The number of likely N-dealkylation sites (N-methyl/N-ethyl adjacent to an activating group) is 1. The fourth-order valence-electron chi connectivity index (χ4n) is 2.46. The lowest BCUT2D eigenvalue weighted by Crippen LogP contribution is -2.49. The second-order valence-electron chi connectivity index (χ2n) is 5.37. The molecule has 108 valence electrons. The van der Waals surface area contributed by atoms with Gasteiger partial charge in [-0.25, -0.2) is 4.39 Å². The van der Waals surface area contributed by atoms with Crippen molar-refractivity contribution in [1.82, 2.24) is 9.80 Å². The number of hydrogen-bond acceptors (Lipinski definition) is 3. The van der Waals surface area contributed by atoms with Crippen LogP contribution in [0.25, 0.3) is 0 Å². The van der Waals surface area contributed by atoms with E-state index in [1.807, 2.05) is 6.07 Å². The van der Waals surface area contributed by atoms with E-state index in [1.165, 1.54) is 12.1 Å². The molecular formula is C16H22FN3. The molecule has 1 unspecified atom stereocenters. The van der Waals surface area contributed by atoms with Crippen LogP contribution in [0.4, 0.5) is 4.39 Å². The highest BCUT2D eigenvalue weighted by Crippen LogP contribution is 2.16. The fourth-order valence-corrected chi connectivity index (χ4v) is 2.46. The molecule has 1 saturated heterocycles. The van der Waals surface area contributed by atoms with Gasteiger partial charge < -0.3 is 10.6 Å². The van der Waals surface area contributed by atoms with Crippen LogP contribution in [0.5, 0.6) is 0 Å². The highest BCUT2D eigenvalue weighted by Gasteiger charge is 2.21. The zero-order chi connectivity index (χ0) is 14.5. The molecule has 2 rings (SSSR count). The maximum Gasteiger partial charge on any atom is 0.124 e. The van der Waals surface area contributed by atoms with E-state index in [0.717, 1.165) is 37.3 Å². The zero-order valence-electron chi connectivity index (χ0n) is 12.2. The monoisotopic (exact) mass is 275 g/mol. The number of nitrogens with two attached hydrogens (primary N) is 1.